The Labute approximate surface area is 230 Å². The number of amides is 3. The van der Waals surface area contributed by atoms with Gasteiger partial charge >= 0.3 is 0 Å². The zero-order valence-electron chi connectivity index (χ0n) is 19.5. The number of hydrogen-bond donors (Lipinski definition) is 1. The molecule has 4 rings (SSSR count). The first-order valence-corrected chi connectivity index (χ1v) is 12.5. The monoisotopic (exact) mass is 621 g/mol. The first-order valence-electron chi connectivity index (χ1n) is 10.9. The number of imide groups is 1. The maximum absolute atomic E-state index is 13.9. The minimum Gasteiger partial charge on any atom is -0.488 e. The molecule has 3 aromatic rings. The van der Waals surface area contributed by atoms with Crippen LogP contribution < -0.4 is 10.1 Å². The molecule has 1 aliphatic heterocycles. The van der Waals surface area contributed by atoms with Gasteiger partial charge in [0.25, 0.3) is 16.8 Å². The molecule has 0 bridgehead atoms. The van der Waals surface area contributed by atoms with Crippen LogP contribution in [0.2, 0.25) is 0 Å². The molecule has 39 heavy (non-hydrogen) atoms. The Balaban J connectivity index is 1.47. The highest BCUT2D eigenvalue weighted by Gasteiger charge is 2.36. The number of anilines is 1. The van der Waals surface area contributed by atoms with Crippen LogP contribution in [0.4, 0.5) is 29.3 Å². The van der Waals surface area contributed by atoms with Crippen molar-refractivity contribution in [3.63, 3.8) is 0 Å². The molecule has 0 unspecified atom stereocenters. The zero-order valence-corrected chi connectivity index (χ0v) is 21.9. The van der Waals surface area contributed by atoms with Crippen LogP contribution in [0, 0.1) is 27.6 Å². The van der Waals surface area contributed by atoms with Crippen molar-refractivity contribution in [3.8, 4) is 5.75 Å². The van der Waals surface area contributed by atoms with Crippen LogP contribution in [0.15, 0.2) is 64.0 Å². The third-order valence-corrected chi connectivity index (χ3v) is 6.69. The molecular formula is C25H15BrF3N3O6S. The predicted molar refractivity (Wildman–Crippen MR) is 139 cm³/mol. The van der Waals surface area contributed by atoms with Gasteiger partial charge in [-0.3, -0.25) is 29.4 Å². The average molecular weight is 622 g/mol. The van der Waals surface area contributed by atoms with E-state index in [9.17, 15) is 37.7 Å². The number of thioether (sulfide) groups is 1. The lowest BCUT2D eigenvalue weighted by Crippen LogP contribution is -2.36. The van der Waals surface area contributed by atoms with E-state index in [2.05, 4.69) is 15.9 Å². The van der Waals surface area contributed by atoms with Crippen molar-refractivity contribution in [1.82, 2.24) is 4.90 Å². The number of non-ortho nitro benzene ring substituents is 1. The van der Waals surface area contributed by atoms with Crippen LogP contribution in [-0.2, 0) is 16.2 Å². The summed E-state index contributed by atoms with van der Waals surface area (Å²) in [6, 6.07) is 12.1. The number of nitro benzene ring substituents is 1. The molecule has 0 spiro atoms. The van der Waals surface area contributed by atoms with Crippen molar-refractivity contribution in [3.05, 3.63) is 103 Å². The molecule has 0 aliphatic carbocycles. The van der Waals surface area contributed by atoms with E-state index in [0.29, 0.717) is 44.1 Å². The number of benzene rings is 3. The summed E-state index contributed by atoms with van der Waals surface area (Å²) in [7, 11) is 0. The van der Waals surface area contributed by atoms with Gasteiger partial charge in [0.2, 0.25) is 5.91 Å². The van der Waals surface area contributed by atoms with E-state index in [4.69, 9.17) is 4.74 Å². The van der Waals surface area contributed by atoms with Crippen molar-refractivity contribution >= 4 is 62.2 Å². The fourth-order valence-corrected chi connectivity index (χ4v) is 4.58. The van der Waals surface area contributed by atoms with Gasteiger partial charge in [-0.25, -0.2) is 13.2 Å². The lowest BCUT2D eigenvalue weighted by molar-refractivity contribution is -0.384. The third kappa shape index (κ3) is 6.46. The maximum Gasteiger partial charge on any atom is 0.294 e. The second kappa shape index (κ2) is 11.7. The van der Waals surface area contributed by atoms with E-state index in [1.54, 1.807) is 30.3 Å². The Hall–Kier alpha value is -4.17. The van der Waals surface area contributed by atoms with Gasteiger partial charge in [-0.2, -0.15) is 0 Å². The number of ether oxygens (including phenoxy) is 1. The van der Waals surface area contributed by atoms with E-state index >= 15 is 0 Å². The molecule has 1 heterocycles. The molecule has 1 saturated heterocycles. The first kappa shape index (κ1) is 27.9. The summed E-state index contributed by atoms with van der Waals surface area (Å²) in [4.78, 5) is 48.6. The Bertz CT molecular complexity index is 1530. The summed E-state index contributed by atoms with van der Waals surface area (Å²) in [6.07, 6.45) is 1.40. The van der Waals surface area contributed by atoms with E-state index < -0.39 is 51.7 Å². The number of carbonyl (C=O) groups is 3. The number of nitrogens with zero attached hydrogens (tertiary/aromatic N) is 2. The number of hydrogen-bond acceptors (Lipinski definition) is 7. The van der Waals surface area contributed by atoms with Gasteiger partial charge in [0.15, 0.2) is 17.5 Å². The van der Waals surface area contributed by atoms with Crippen molar-refractivity contribution in [2.75, 3.05) is 11.9 Å². The normalized spacial score (nSPS) is 14.2. The average Bonchev–Trinajstić information content (AvgIpc) is 3.16. The summed E-state index contributed by atoms with van der Waals surface area (Å²) in [5.74, 6) is -6.29. The molecule has 1 aliphatic rings. The van der Waals surface area contributed by atoms with Crippen molar-refractivity contribution < 1.29 is 37.2 Å². The lowest BCUT2D eigenvalue weighted by Gasteiger charge is -2.13. The quantitative estimate of drug-likeness (QED) is 0.141. The Morgan fingerprint density at radius 3 is 2.49 bits per heavy atom. The molecule has 1 N–H and O–H groups in total. The van der Waals surface area contributed by atoms with Gasteiger partial charge in [0.1, 0.15) is 18.9 Å². The molecule has 1 fully saturated rings. The van der Waals surface area contributed by atoms with E-state index in [-0.39, 0.29) is 17.2 Å². The first-order chi connectivity index (χ1) is 18.5. The number of nitrogens with one attached hydrogen (secondary N) is 1. The van der Waals surface area contributed by atoms with Gasteiger partial charge in [0, 0.05) is 22.2 Å². The zero-order chi connectivity index (χ0) is 28.3. The molecule has 3 amide bonds. The van der Waals surface area contributed by atoms with Crippen LogP contribution in [-0.4, -0.2) is 33.4 Å². The summed E-state index contributed by atoms with van der Waals surface area (Å²) < 4.78 is 46.8. The van der Waals surface area contributed by atoms with Crippen LogP contribution in [0.1, 0.15) is 11.1 Å². The van der Waals surface area contributed by atoms with Crippen LogP contribution in [0.3, 0.4) is 0 Å². The number of halogens is 4. The van der Waals surface area contributed by atoms with Gasteiger partial charge < -0.3 is 10.1 Å². The van der Waals surface area contributed by atoms with Gasteiger partial charge in [-0.1, -0.05) is 15.9 Å². The molecule has 0 saturated carbocycles. The Morgan fingerprint density at radius 1 is 1.08 bits per heavy atom. The number of rotatable bonds is 8. The minimum atomic E-state index is -1.78. The standard InChI is InChI=1S/C25H15BrF3N3O6S/c26-15-3-8-19(38-12-13-1-4-16(5-2-13)32(36)37)14(9-15)10-20-24(34)31(25(35)39-20)11-21(33)30-18-7-6-17(27)22(28)23(18)29/h1-10H,11-12H2,(H,30,33)/b20-10-. The highest BCUT2D eigenvalue weighted by molar-refractivity contribution is 9.10. The largest absolute Gasteiger partial charge is 0.488 e. The lowest BCUT2D eigenvalue weighted by atomic mass is 10.1. The summed E-state index contributed by atoms with van der Waals surface area (Å²) >= 11 is 3.90. The molecule has 0 aromatic heterocycles. The van der Waals surface area contributed by atoms with Crippen LogP contribution >= 0.6 is 27.7 Å². The van der Waals surface area contributed by atoms with Gasteiger partial charge in [-0.05, 0) is 65.9 Å². The Morgan fingerprint density at radius 2 is 1.79 bits per heavy atom. The molecule has 200 valence electrons. The van der Waals surface area contributed by atoms with E-state index in [1.165, 1.54) is 18.2 Å². The fraction of sp³-hybridized carbons (Fsp3) is 0.0800. The highest BCUT2D eigenvalue weighted by Crippen LogP contribution is 2.35. The van der Waals surface area contributed by atoms with Crippen molar-refractivity contribution in [1.29, 1.82) is 0 Å². The van der Waals surface area contributed by atoms with Gasteiger partial charge in [-0.15, -0.1) is 0 Å². The summed E-state index contributed by atoms with van der Waals surface area (Å²) in [5, 5.41) is 12.1. The SMILES string of the molecule is O=C(CN1C(=O)S/C(=C\c2cc(Br)ccc2OCc2ccc([N+](=O)[O-])cc2)C1=O)Nc1ccc(F)c(F)c1F. The summed E-state index contributed by atoms with van der Waals surface area (Å²) in [5.41, 5.74) is 0.358. The second-order valence-electron chi connectivity index (χ2n) is 7.93. The van der Waals surface area contributed by atoms with Crippen molar-refractivity contribution in [2.45, 2.75) is 6.61 Å². The van der Waals surface area contributed by atoms with Crippen LogP contribution in [0.5, 0.6) is 5.75 Å². The molecule has 14 heteroatoms. The third-order valence-electron chi connectivity index (χ3n) is 5.28. The van der Waals surface area contributed by atoms with Crippen molar-refractivity contribution in [2.24, 2.45) is 0 Å². The fourth-order valence-electron chi connectivity index (χ4n) is 3.37. The predicted octanol–water partition coefficient (Wildman–Crippen LogP) is 6.03. The molecule has 0 radical (unpaired) electrons. The number of nitro groups is 1. The highest BCUT2D eigenvalue weighted by atomic mass is 79.9. The molecule has 0 atom stereocenters. The minimum absolute atomic E-state index is 0.0231. The van der Waals surface area contributed by atoms with E-state index in [0.717, 1.165) is 6.07 Å². The smallest absolute Gasteiger partial charge is 0.294 e. The molecule has 9 nitrogen and oxygen atoms in total. The molecular weight excluding hydrogens is 607 g/mol. The Kier molecular flexibility index (Phi) is 8.35. The topological polar surface area (TPSA) is 119 Å². The van der Waals surface area contributed by atoms with Crippen LogP contribution in [0.25, 0.3) is 6.08 Å². The maximum atomic E-state index is 13.9. The van der Waals surface area contributed by atoms with Gasteiger partial charge in [0.05, 0.1) is 15.5 Å². The van der Waals surface area contributed by atoms with E-state index in [1.807, 2.05) is 5.32 Å². The second-order valence-corrected chi connectivity index (χ2v) is 9.84. The number of carbonyl (C=O) groups excluding carboxylic acids is 3. The summed E-state index contributed by atoms with van der Waals surface area (Å²) in [6.45, 7) is -0.731. The molecule has 3 aromatic carbocycles.